The Morgan fingerprint density at radius 1 is 1.07 bits per heavy atom. The monoisotopic (exact) mass is 616 g/mol. The molecule has 3 aliphatic carbocycles. The van der Waals surface area contributed by atoms with Gasteiger partial charge in [-0.25, -0.2) is 4.99 Å². The van der Waals surface area contributed by atoms with E-state index in [2.05, 4.69) is 25.8 Å². The minimum atomic E-state index is -0.905. The maximum Gasteiger partial charge on any atom is 0.273 e. The number of hydrogen-bond acceptors (Lipinski definition) is 7. The van der Waals surface area contributed by atoms with Crippen molar-refractivity contribution in [2.24, 2.45) is 54.1 Å². The predicted molar refractivity (Wildman–Crippen MR) is 172 cm³/mol. The van der Waals surface area contributed by atoms with E-state index in [0.717, 1.165) is 23.1 Å². The molecule has 10 nitrogen and oxygen atoms in total. The summed E-state index contributed by atoms with van der Waals surface area (Å²) in [4.78, 5) is 50.0. The summed E-state index contributed by atoms with van der Waals surface area (Å²) in [5.74, 6) is 0.904. The van der Waals surface area contributed by atoms with Crippen LogP contribution in [0, 0.1) is 35.0 Å². The third kappa shape index (κ3) is 5.31. The van der Waals surface area contributed by atoms with E-state index in [-0.39, 0.29) is 36.1 Å². The number of aliphatic imine (C=N–C) groups is 1. The Bertz CT molecular complexity index is 1770. The van der Waals surface area contributed by atoms with Gasteiger partial charge in [-0.1, -0.05) is 45.0 Å². The Morgan fingerprint density at radius 3 is 2.40 bits per heavy atom. The lowest BCUT2D eigenvalue weighted by Gasteiger charge is -2.61. The maximum absolute atomic E-state index is 13.7. The third-order valence-corrected chi connectivity index (χ3v) is 11.3. The lowest BCUT2D eigenvalue weighted by atomic mass is 9.43. The van der Waals surface area contributed by atoms with Crippen molar-refractivity contribution < 1.29 is 19.8 Å². The molecule has 4 aliphatic rings. The molecule has 2 heterocycles. The number of nitrogens with zero attached hydrogens (tertiary/aromatic N) is 4. The maximum atomic E-state index is 13.7. The zero-order valence-corrected chi connectivity index (χ0v) is 26.9. The molecular formula is C35H44N4O6. The van der Waals surface area contributed by atoms with Crippen molar-refractivity contribution in [2.75, 3.05) is 6.61 Å². The number of carbonyl (C=O) groups is 1. The summed E-state index contributed by atoms with van der Waals surface area (Å²) < 4.78 is 2.59. The zero-order valence-electron chi connectivity index (χ0n) is 26.9. The van der Waals surface area contributed by atoms with E-state index in [1.54, 1.807) is 38.2 Å². The van der Waals surface area contributed by atoms with Crippen molar-refractivity contribution >= 4 is 22.9 Å². The van der Waals surface area contributed by atoms with Gasteiger partial charge in [-0.05, 0) is 83.7 Å². The Kier molecular flexibility index (Phi) is 8.22. The number of hydrogen-bond donors (Lipinski definition) is 2. The van der Waals surface area contributed by atoms with Crippen molar-refractivity contribution in [1.29, 1.82) is 0 Å². The molecule has 0 spiro atoms. The molecule has 3 saturated carbocycles. The first-order chi connectivity index (χ1) is 21.3. The van der Waals surface area contributed by atoms with Crippen molar-refractivity contribution in [3.63, 3.8) is 0 Å². The summed E-state index contributed by atoms with van der Waals surface area (Å²) in [5.41, 5.74) is 2.26. The Balaban J connectivity index is 1.26. The SMILES string of the molecule is C[C@H](O)[C@@H]1[C@H](CO)ON(Cc2cccc(-c3ccc4c(=O)n(C)n(C)c(=O)c4c3)c2)[C@@H]1C(=O)N=CC1C[C@H]2C[C@@H]([C@@H]1C)C2(C)C. The second-order valence-electron chi connectivity index (χ2n) is 14.0. The minimum absolute atomic E-state index is 0.216. The predicted octanol–water partition coefficient (Wildman–Crippen LogP) is 3.29. The van der Waals surface area contributed by atoms with Gasteiger partial charge in [0.15, 0.2) is 0 Å². The molecule has 2 aromatic carbocycles. The number of rotatable bonds is 7. The fourth-order valence-electron chi connectivity index (χ4n) is 8.23. The summed E-state index contributed by atoms with van der Waals surface area (Å²) in [6.07, 6.45) is 2.43. The number of aliphatic hydroxyl groups is 2. The highest BCUT2D eigenvalue weighted by molar-refractivity contribution is 5.90. The summed E-state index contributed by atoms with van der Waals surface area (Å²) in [6.45, 7) is 8.43. The van der Waals surface area contributed by atoms with Crippen LogP contribution < -0.4 is 11.1 Å². The van der Waals surface area contributed by atoms with Gasteiger partial charge in [0.2, 0.25) is 0 Å². The standard InChI is InChI=1S/C35H44N4O6/c1-19-24(13-25-15-28(19)35(25,3)4)16-36-32(42)31-30(20(2)41)29(18-40)45-39(31)17-21-8-7-9-22(12-21)23-10-11-26-27(14-23)34(44)38(6)37(5)33(26)43/h7-12,14,16,19-20,24-25,28-31,40-41H,13,15,17-18H2,1-6H3/t19-,20+,24?,25+,28+,29+,30-,31+/m1/s1. The summed E-state index contributed by atoms with van der Waals surface area (Å²) >= 11 is 0. The topological polar surface area (TPSA) is 126 Å². The number of benzene rings is 2. The first kappa shape index (κ1) is 31.5. The van der Waals surface area contributed by atoms with E-state index in [1.807, 2.05) is 36.5 Å². The highest BCUT2D eigenvalue weighted by Crippen LogP contribution is 2.62. The van der Waals surface area contributed by atoms with E-state index in [4.69, 9.17) is 4.84 Å². The molecule has 4 fully saturated rings. The average molecular weight is 617 g/mol. The quantitative estimate of drug-likeness (QED) is 0.390. The molecule has 1 aliphatic heterocycles. The number of fused-ring (bicyclic) bond motifs is 3. The third-order valence-electron chi connectivity index (χ3n) is 11.3. The fourth-order valence-corrected chi connectivity index (χ4v) is 8.23. The molecule has 1 unspecified atom stereocenters. The molecule has 7 rings (SSSR count). The first-order valence-corrected chi connectivity index (χ1v) is 15.9. The molecule has 8 atom stereocenters. The number of hydroxylamine groups is 2. The number of aliphatic hydroxyl groups excluding tert-OH is 2. The Morgan fingerprint density at radius 2 is 1.76 bits per heavy atom. The van der Waals surface area contributed by atoms with E-state index in [0.29, 0.717) is 33.9 Å². The highest BCUT2D eigenvalue weighted by Gasteiger charge is 2.56. The van der Waals surface area contributed by atoms with Crippen LogP contribution in [0.4, 0.5) is 0 Å². The van der Waals surface area contributed by atoms with Crippen LogP contribution >= 0.6 is 0 Å². The fraction of sp³-hybridized carbons (Fsp3) is 0.543. The van der Waals surface area contributed by atoms with E-state index in [1.165, 1.54) is 15.8 Å². The van der Waals surface area contributed by atoms with Crippen molar-refractivity contribution in [1.82, 2.24) is 14.4 Å². The average Bonchev–Trinajstić information content (AvgIpc) is 3.40. The normalized spacial score (nSPS) is 30.1. The van der Waals surface area contributed by atoms with E-state index < -0.39 is 24.2 Å². The minimum Gasteiger partial charge on any atom is -0.394 e. The summed E-state index contributed by atoms with van der Waals surface area (Å²) in [5, 5.41) is 23.1. The van der Waals surface area contributed by atoms with Gasteiger partial charge in [-0.15, -0.1) is 0 Å². The van der Waals surface area contributed by atoms with Crippen LogP contribution in [0.3, 0.4) is 0 Å². The second kappa shape index (κ2) is 11.7. The van der Waals surface area contributed by atoms with Crippen LogP contribution in [0.2, 0.25) is 0 Å². The summed E-state index contributed by atoms with van der Waals surface area (Å²) in [7, 11) is 3.13. The molecule has 1 saturated heterocycles. The second-order valence-corrected chi connectivity index (χ2v) is 14.0. The Hall–Kier alpha value is -3.44. The van der Waals surface area contributed by atoms with Gasteiger partial charge in [-0.3, -0.25) is 28.6 Å². The molecule has 1 amide bonds. The largest absolute Gasteiger partial charge is 0.394 e. The molecule has 2 N–H and O–H groups in total. The highest BCUT2D eigenvalue weighted by atomic mass is 16.7. The van der Waals surface area contributed by atoms with Gasteiger partial charge >= 0.3 is 0 Å². The van der Waals surface area contributed by atoms with Gasteiger partial charge in [0, 0.05) is 26.2 Å². The Labute approximate surface area is 262 Å². The lowest BCUT2D eigenvalue weighted by molar-refractivity contribution is -0.180. The molecule has 1 aromatic heterocycles. The van der Waals surface area contributed by atoms with Crippen LogP contribution in [-0.4, -0.2) is 61.6 Å². The smallest absolute Gasteiger partial charge is 0.273 e. The van der Waals surface area contributed by atoms with Crippen LogP contribution in [0.5, 0.6) is 0 Å². The summed E-state index contributed by atoms with van der Waals surface area (Å²) in [6, 6.07) is 12.0. The number of aromatic nitrogens is 2. The molecule has 10 heteroatoms. The van der Waals surface area contributed by atoms with Gasteiger partial charge in [-0.2, -0.15) is 5.06 Å². The molecule has 240 valence electrons. The van der Waals surface area contributed by atoms with Crippen molar-refractivity contribution in [3.05, 3.63) is 68.7 Å². The van der Waals surface area contributed by atoms with E-state index >= 15 is 0 Å². The molecule has 2 bridgehead atoms. The first-order valence-electron chi connectivity index (χ1n) is 15.9. The van der Waals surface area contributed by atoms with Gasteiger partial charge in [0.05, 0.1) is 30.0 Å². The number of amides is 1. The van der Waals surface area contributed by atoms with Crippen LogP contribution in [-0.2, 0) is 30.3 Å². The molecule has 3 aromatic rings. The molecule has 45 heavy (non-hydrogen) atoms. The number of carbonyl (C=O) groups excluding carboxylic acids is 1. The van der Waals surface area contributed by atoms with Gasteiger partial charge in [0.1, 0.15) is 12.1 Å². The molecule has 0 radical (unpaired) electrons. The van der Waals surface area contributed by atoms with Crippen LogP contribution in [0.25, 0.3) is 21.9 Å². The van der Waals surface area contributed by atoms with E-state index in [9.17, 15) is 24.6 Å². The van der Waals surface area contributed by atoms with Crippen LogP contribution in [0.1, 0.15) is 46.1 Å². The lowest BCUT2D eigenvalue weighted by Crippen LogP contribution is -2.55. The van der Waals surface area contributed by atoms with Gasteiger partial charge in [0.25, 0.3) is 17.0 Å². The van der Waals surface area contributed by atoms with Crippen molar-refractivity contribution in [2.45, 2.75) is 65.3 Å². The zero-order chi connectivity index (χ0) is 32.4. The van der Waals surface area contributed by atoms with Crippen LogP contribution in [0.15, 0.2) is 57.0 Å². The van der Waals surface area contributed by atoms with Crippen molar-refractivity contribution in [3.8, 4) is 11.1 Å². The molecular weight excluding hydrogens is 572 g/mol. The van der Waals surface area contributed by atoms with Gasteiger partial charge < -0.3 is 10.2 Å².